The van der Waals surface area contributed by atoms with E-state index in [-0.39, 0.29) is 5.91 Å². The minimum Gasteiger partial charge on any atom is -0.352 e. The summed E-state index contributed by atoms with van der Waals surface area (Å²) in [5.41, 5.74) is 2.42. The van der Waals surface area contributed by atoms with E-state index in [2.05, 4.69) is 41.4 Å². The van der Waals surface area contributed by atoms with Crippen LogP contribution in [0.5, 0.6) is 0 Å². The van der Waals surface area contributed by atoms with Gasteiger partial charge in [0.15, 0.2) is 0 Å². The monoisotopic (exact) mass is 296 g/mol. The maximum absolute atomic E-state index is 12.0. The minimum absolute atomic E-state index is 0.107. The molecule has 1 amide bonds. The van der Waals surface area contributed by atoms with Crippen molar-refractivity contribution in [3.8, 4) is 0 Å². The van der Waals surface area contributed by atoms with Crippen LogP contribution >= 0.6 is 0 Å². The van der Waals surface area contributed by atoms with E-state index < -0.39 is 0 Å². The van der Waals surface area contributed by atoms with Crippen molar-refractivity contribution in [2.75, 3.05) is 13.1 Å². The van der Waals surface area contributed by atoms with E-state index in [0.29, 0.717) is 13.0 Å². The molecule has 3 nitrogen and oxygen atoms in total. The molecule has 0 bridgehead atoms. The van der Waals surface area contributed by atoms with Crippen LogP contribution in [0, 0.1) is 0 Å². The number of hydrogen-bond acceptors (Lipinski definition) is 2. The first-order valence-electron chi connectivity index (χ1n) is 7.85. The molecule has 0 spiro atoms. The number of rotatable bonds is 8. The van der Waals surface area contributed by atoms with Gasteiger partial charge in [0.2, 0.25) is 5.91 Å². The molecule has 0 aliphatic heterocycles. The Labute approximate surface area is 133 Å². The van der Waals surface area contributed by atoms with Crippen molar-refractivity contribution >= 4 is 5.91 Å². The maximum atomic E-state index is 12.0. The van der Waals surface area contributed by atoms with Gasteiger partial charge in [0.05, 0.1) is 0 Å². The average molecular weight is 296 g/mol. The molecule has 2 rings (SSSR count). The second kappa shape index (κ2) is 9.00. The fourth-order valence-corrected chi connectivity index (χ4v) is 2.34. The summed E-state index contributed by atoms with van der Waals surface area (Å²) < 4.78 is 0. The van der Waals surface area contributed by atoms with Crippen molar-refractivity contribution < 1.29 is 4.79 Å². The number of benzene rings is 2. The molecule has 0 aromatic heterocycles. The summed E-state index contributed by atoms with van der Waals surface area (Å²) in [7, 11) is 0. The molecular formula is C19H24N2O. The molecule has 0 aliphatic rings. The van der Waals surface area contributed by atoms with E-state index in [1.54, 1.807) is 0 Å². The van der Waals surface area contributed by atoms with Gasteiger partial charge in [0.1, 0.15) is 0 Å². The number of carbonyl (C=O) groups excluding carboxylic acids is 1. The molecule has 0 heterocycles. The van der Waals surface area contributed by atoms with E-state index >= 15 is 0 Å². The van der Waals surface area contributed by atoms with Crippen molar-refractivity contribution in [1.82, 2.24) is 10.2 Å². The predicted molar refractivity (Wildman–Crippen MR) is 90.3 cm³/mol. The number of amides is 1. The van der Waals surface area contributed by atoms with Crippen molar-refractivity contribution in [2.24, 2.45) is 0 Å². The molecule has 1 N–H and O–H groups in total. The van der Waals surface area contributed by atoms with Crippen molar-refractivity contribution in [2.45, 2.75) is 26.4 Å². The Kier molecular flexibility index (Phi) is 6.65. The molecule has 22 heavy (non-hydrogen) atoms. The van der Waals surface area contributed by atoms with Crippen LogP contribution in [0.4, 0.5) is 0 Å². The fraction of sp³-hybridized carbons (Fsp3) is 0.316. The average Bonchev–Trinajstić information content (AvgIpc) is 2.58. The number of hydrogen-bond donors (Lipinski definition) is 1. The van der Waals surface area contributed by atoms with Gasteiger partial charge in [0.25, 0.3) is 0 Å². The molecule has 0 atom stereocenters. The molecule has 0 fully saturated rings. The SMILES string of the molecule is CCN(CCC(=O)NCc1ccccc1)Cc1ccccc1. The predicted octanol–water partition coefficient (Wildman–Crippen LogP) is 3.22. The molecule has 0 saturated carbocycles. The standard InChI is InChI=1S/C19H24N2O/c1-2-21(16-18-11-7-4-8-12-18)14-13-19(22)20-15-17-9-5-3-6-10-17/h3-12H,2,13-16H2,1H3,(H,20,22). The van der Waals surface area contributed by atoms with Crippen LogP contribution in [-0.4, -0.2) is 23.9 Å². The van der Waals surface area contributed by atoms with E-state index in [9.17, 15) is 4.79 Å². The highest BCUT2D eigenvalue weighted by atomic mass is 16.1. The highest BCUT2D eigenvalue weighted by molar-refractivity contribution is 5.76. The molecule has 2 aromatic rings. The summed E-state index contributed by atoms with van der Waals surface area (Å²) in [5.74, 6) is 0.107. The molecule has 0 unspecified atom stereocenters. The van der Waals surface area contributed by atoms with E-state index in [4.69, 9.17) is 0 Å². The van der Waals surface area contributed by atoms with Gasteiger partial charge in [-0.05, 0) is 17.7 Å². The van der Waals surface area contributed by atoms with Gasteiger partial charge in [0, 0.05) is 26.1 Å². The van der Waals surface area contributed by atoms with Gasteiger partial charge in [-0.3, -0.25) is 9.69 Å². The van der Waals surface area contributed by atoms with Gasteiger partial charge in [-0.2, -0.15) is 0 Å². The number of carbonyl (C=O) groups is 1. The van der Waals surface area contributed by atoms with E-state index in [0.717, 1.165) is 25.2 Å². The molecule has 0 radical (unpaired) electrons. The summed E-state index contributed by atoms with van der Waals surface area (Å²) in [6, 6.07) is 20.4. The summed E-state index contributed by atoms with van der Waals surface area (Å²) in [4.78, 5) is 14.2. The van der Waals surface area contributed by atoms with Crippen LogP contribution < -0.4 is 5.32 Å². The first-order valence-corrected chi connectivity index (χ1v) is 7.85. The van der Waals surface area contributed by atoms with E-state index in [1.165, 1.54) is 5.56 Å². The highest BCUT2D eigenvalue weighted by Gasteiger charge is 2.07. The number of nitrogens with zero attached hydrogens (tertiary/aromatic N) is 1. The molecule has 2 aromatic carbocycles. The lowest BCUT2D eigenvalue weighted by molar-refractivity contribution is -0.121. The quantitative estimate of drug-likeness (QED) is 0.811. The van der Waals surface area contributed by atoms with Crippen molar-refractivity contribution in [3.63, 3.8) is 0 Å². The molecule has 116 valence electrons. The fourth-order valence-electron chi connectivity index (χ4n) is 2.34. The Morgan fingerprint density at radius 3 is 2.14 bits per heavy atom. The summed E-state index contributed by atoms with van der Waals surface area (Å²) in [5, 5.41) is 2.98. The van der Waals surface area contributed by atoms with Gasteiger partial charge in [-0.1, -0.05) is 67.6 Å². The Morgan fingerprint density at radius 2 is 1.55 bits per heavy atom. The Hall–Kier alpha value is -2.13. The van der Waals surface area contributed by atoms with Crippen LogP contribution in [0.25, 0.3) is 0 Å². The topological polar surface area (TPSA) is 32.3 Å². The maximum Gasteiger partial charge on any atom is 0.221 e. The molecule has 0 aliphatic carbocycles. The number of nitrogens with one attached hydrogen (secondary N) is 1. The lowest BCUT2D eigenvalue weighted by Gasteiger charge is -2.20. The van der Waals surface area contributed by atoms with Gasteiger partial charge >= 0.3 is 0 Å². The third kappa shape index (κ3) is 5.70. The second-order valence-corrected chi connectivity index (χ2v) is 5.37. The molecule has 3 heteroatoms. The normalized spacial score (nSPS) is 10.6. The van der Waals surface area contributed by atoms with Gasteiger partial charge in [-0.15, -0.1) is 0 Å². The van der Waals surface area contributed by atoms with Crippen molar-refractivity contribution in [1.29, 1.82) is 0 Å². The lowest BCUT2D eigenvalue weighted by Crippen LogP contribution is -2.30. The largest absolute Gasteiger partial charge is 0.352 e. The Bertz CT molecular complexity index is 554. The van der Waals surface area contributed by atoms with Crippen LogP contribution in [0.3, 0.4) is 0 Å². The Balaban J connectivity index is 1.72. The Morgan fingerprint density at radius 1 is 0.955 bits per heavy atom. The van der Waals surface area contributed by atoms with Gasteiger partial charge < -0.3 is 5.32 Å². The first kappa shape index (κ1) is 16.2. The van der Waals surface area contributed by atoms with Crippen LogP contribution in [-0.2, 0) is 17.9 Å². The van der Waals surface area contributed by atoms with E-state index in [1.807, 2.05) is 36.4 Å². The summed E-state index contributed by atoms with van der Waals surface area (Å²) in [6.45, 7) is 5.35. The summed E-state index contributed by atoms with van der Waals surface area (Å²) in [6.07, 6.45) is 0.535. The van der Waals surface area contributed by atoms with Crippen LogP contribution in [0.15, 0.2) is 60.7 Å². The van der Waals surface area contributed by atoms with Crippen LogP contribution in [0.1, 0.15) is 24.5 Å². The summed E-state index contributed by atoms with van der Waals surface area (Å²) >= 11 is 0. The zero-order valence-corrected chi connectivity index (χ0v) is 13.2. The molecule has 0 saturated heterocycles. The lowest BCUT2D eigenvalue weighted by atomic mass is 10.2. The smallest absolute Gasteiger partial charge is 0.221 e. The zero-order valence-electron chi connectivity index (χ0n) is 13.2. The van der Waals surface area contributed by atoms with Gasteiger partial charge in [-0.25, -0.2) is 0 Å². The molecular weight excluding hydrogens is 272 g/mol. The zero-order chi connectivity index (χ0) is 15.6. The minimum atomic E-state index is 0.107. The van der Waals surface area contributed by atoms with Crippen molar-refractivity contribution in [3.05, 3.63) is 71.8 Å². The third-order valence-electron chi connectivity index (χ3n) is 3.68. The highest BCUT2D eigenvalue weighted by Crippen LogP contribution is 2.05. The second-order valence-electron chi connectivity index (χ2n) is 5.37. The first-order chi connectivity index (χ1) is 10.8. The van der Waals surface area contributed by atoms with Crippen LogP contribution in [0.2, 0.25) is 0 Å². The third-order valence-corrected chi connectivity index (χ3v) is 3.68.